The summed E-state index contributed by atoms with van der Waals surface area (Å²) in [5, 5.41) is 2.66. The van der Waals surface area contributed by atoms with Crippen LogP contribution in [0.1, 0.15) is 16.8 Å². The van der Waals surface area contributed by atoms with Gasteiger partial charge in [0.05, 0.1) is 10.1 Å². The predicted molar refractivity (Wildman–Crippen MR) is 60.3 cm³/mol. The van der Waals surface area contributed by atoms with Gasteiger partial charge in [0.1, 0.15) is 6.29 Å². The van der Waals surface area contributed by atoms with Crippen LogP contribution in [0.3, 0.4) is 0 Å². The van der Waals surface area contributed by atoms with E-state index < -0.39 is 9.84 Å². The maximum atomic E-state index is 12.1. The molecule has 1 aliphatic rings. The number of benzene rings is 1. The average Bonchev–Trinajstić information content (AvgIpc) is 2.83. The van der Waals surface area contributed by atoms with E-state index in [1.165, 1.54) is 6.07 Å². The lowest BCUT2D eigenvalue weighted by Crippen LogP contribution is -2.24. The van der Waals surface area contributed by atoms with Gasteiger partial charge in [-0.15, -0.1) is 0 Å². The molecule has 16 heavy (non-hydrogen) atoms. The summed E-state index contributed by atoms with van der Waals surface area (Å²) in [4.78, 5) is 10.8. The molecule has 0 amide bonds. The molecule has 4 nitrogen and oxygen atoms in total. The van der Waals surface area contributed by atoms with Crippen molar-refractivity contribution in [3.05, 3.63) is 29.8 Å². The van der Waals surface area contributed by atoms with Crippen molar-refractivity contribution in [2.24, 2.45) is 0 Å². The number of aldehydes is 1. The standard InChI is InChI=1S/C11H13NO3S/c13-8-9-2-1-3-10(6-9)16(14,15)11-4-5-12-7-11/h1-3,6,8,11-12H,4-5,7H2/t11-/m0/s1. The zero-order valence-electron chi connectivity index (χ0n) is 8.72. The monoisotopic (exact) mass is 239 g/mol. The van der Waals surface area contributed by atoms with Crippen molar-refractivity contribution in [2.75, 3.05) is 13.1 Å². The van der Waals surface area contributed by atoms with Crippen LogP contribution >= 0.6 is 0 Å². The molecular weight excluding hydrogens is 226 g/mol. The summed E-state index contributed by atoms with van der Waals surface area (Å²) in [6.45, 7) is 1.23. The molecule has 0 spiro atoms. The number of nitrogens with one attached hydrogen (secondary N) is 1. The van der Waals surface area contributed by atoms with Crippen molar-refractivity contribution < 1.29 is 13.2 Å². The summed E-state index contributed by atoms with van der Waals surface area (Å²) >= 11 is 0. The van der Waals surface area contributed by atoms with Crippen LogP contribution in [0, 0.1) is 0 Å². The van der Waals surface area contributed by atoms with Gasteiger partial charge in [-0.2, -0.15) is 0 Å². The van der Waals surface area contributed by atoms with Crippen LogP contribution in [0.4, 0.5) is 0 Å². The van der Waals surface area contributed by atoms with E-state index in [4.69, 9.17) is 0 Å². The summed E-state index contributed by atoms with van der Waals surface area (Å²) in [5.41, 5.74) is 0.395. The van der Waals surface area contributed by atoms with Crippen molar-refractivity contribution in [1.82, 2.24) is 5.32 Å². The molecule has 0 unspecified atom stereocenters. The first-order valence-electron chi connectivity index (χ1n) is 5.14. The Kier molecular flexibility index (Phi) is 3.07. The maximum absolute atomic E-state index is 12.1. The lowest BCUT2D eigenvalue weighted by molar-refractivity contribution is 0.112. The van der Waals surface area contributed by atoms with Gasteiger partial charge in [-0.25, -0.2) is 8.42 Å². The second kappa shape index (κ2) is 4.35. The molecule has 0 radical (unpaired) electrons. The molecule has 1 aliphatic heterocycles. The van der Waals surface area contributed by atoms with Crippen molar-refractivity contribution in [1.29, 1.82) is 0 Å². The second-order valence-corrected chi connectivity index (χ2v) is 6.08. The van der Waals surface area contributed by atoms with Crippen molar-refractivity contribution in [2.45, 2.75) is 16.6 Å². The first-order valence-corrected chi connectivity index (χ1v) is 6.69. The van der Waals surface area contributed by atoms with Crippen LogP contribution in [0.25, 0.3) is 0 Å². The molecule has 1 heterocycles. The van der Waals surface area contributed by atoms with E-state index in [0.717, 1.165) is 6.54 Å². The Hall–Kier alpha value is -1.20. The number of carbonyl (C=O) groups excluding carboxylic acids is 1. The van der Waals surface area contributed by atoms with Gasteiger partial charge in [0.15, 0.2) is 9.84 Å². The second-order valence-electron chi connectivity index (χ2n) is 3.85. The van der Waals surface area contributed by atoms with Gasteiger partial charge < -0.3 is 5.32 Å². The molecule has 1 aromatic carbocycles. The molecular formula is C11H13NO3S. The van der Waals surface area contributed by atoms with E-state index in [1.807, 2.05) is 0 Å². The Morgan fingerprint density at radius 2 is 2.19 bits per heavy atom. The Morgan fingerprint density at radius 1 is 1.38 bits per heavy atom. The van der Waals surface area contributed by atoms with E-state index in [9.17, 15) is 13.2 Å². The molecule has 1 N–H and O–H groups in total. The lowest BCUT2D eigenvalue weighted by atomic mass is 10.2. The summed E-state index contributed by atoms with van der Waals surface area (Å²) in [6, 6.07) is 6.17. The third-order valence-corrected chi connectivity index (χ3v) is 4.97. The first-order chi connectivity index (χ1) is 7.64. The molecule has 86 valence electrons. The fourth-order valence-corrected chi connectivity index (χ4v) is 3.57. The van der Waals surface area contributed by atoms with Gasteiger partial charge in [0, 0.05) is 12.1 Å². The number of rotatable bonds is 3. The molecule has 0 saturated carbocycles. The highest BCUT2D eigenvalue weighted by molar-refractivity contribution is 7.92. The number of carbonyl (C=O) groups is 1. The van der Waals surface area contributed by atoms with Gasteiger partial charge >= 0.3 is 0 Å². The third-order valence-electron chi connectivity index (χ3n) is 2.78. The molecule has 1 fully saturated rings. The number of hydrogen-bond donors (Lipinski definition) is 1. The van der Waals surface area contributed by atoms with Gasteiger partial charge in [-0.05, 0) is 25.1 Å². The fraction of sp³-hybridized carbons (Fsp3) is 0.364. The Balaban J connectivity index is 2.38. The minimum atomic E-state index is -3.29. The minimum Gasteiger partial charge on any atom is -0.315 e. The van der Waals surface area contributed by atoms with Crippen LogP contribution in [0.2, 0.25) is 0 Å². The van der Waals surface area contributed by atoms with Crippen LogP contribution in [-0.4, -0.2) is 33.0 Å². The number of sulfone groups is 1. The molecule has 1 aromatic rings. The van der Waals surface area contributed by atoms with E-state index in [0.29, 0.717) is 24.8 Å². The van der Waals surface area contributed by atoms with Gasteiger partial charge in [0.25, 0.3) is 0 Å². The van der Waals surface area contributed by atoms with Crippen LogP contribution in [-0.2, 0) is 9.84 Å². The Bertz CT molecular complexity index is 490. The van der Waals surface area contributed by atoms with E-state index in [1.54, 1.807) is 18.2 Å². The van der Waals surface area contributed by atoms with Crippen LogP contribution < -0.4 is 5.32 Å². The van der Waals surface area contributed by atoms with Crippen LogP contribution in [0.5, 0.6) is 0 Å². The molecule has 1 saturated heterocycles. The fourth-order valence-electron chi connectivity index (χ4n) is 1.85. The lowest BCUT2D eigenvalue weighted by Gasteiger charge is -2.10. The normalized spacial score (nSPS) is 20.9. The quantitative estimate of drug-likeness (QED) is 0.786. The SMILES string of the molecule is O=Cc1cccc(S(=O)(=O)[C@H]2CCNC2)c1. The van der Waals surface area contributed by atoms with Crippen molar-refractivity contribution in [3.63, 3.8) is 0 Å². The molecule has 0 aliphatic carbocycles. The van der Waals surface area contributed by atoms with Crippen LogP contribution in [0.15, 0.2) is 29.2 Å². The summed E-state index contributed by atoms with van der Waals surface area (Å²) in [7, 11) is -3.29. The zero-order chi connectivity index (χ0) is 11.6. The smallest absolute Gasteiger partial charge is 0.182 e. The maximum Gasteiger partial charge on any atom is 0.182 e. The van der Waals surface area contributed by atoms with E-state index >= 15 is 0 Å². The Morgan fingerprint density at radius 3 is 2.81 bits per heavy atom. The zero-order valence-corrected chi connectivity index (χ0v) is 9.53. The van der Waals surface area contributed by atoms with Crippen molar-refractivity contribution in [3.8, 4) is 0 Å². The molecule has 0 bridgehead atoms. The van der Waals surface area contributed by atoms with E-state index in [2.05, 4.69) is 5.32 Å². The van der Waals surface area contributed by atoms with Gasteiger partial charge in [0.2, 0.25) is 0 Å². The Labute approximate surface area is 94.6 Å². The topological polar surface area (TPSA) is 63.2 Å². The van der Waals surface area contributed by atoms with E-state index in [-0.39, 0.29) is 10.1 Å². The molecule has 0 aromatic heterocycles. The predicted octanol–water partition coefficient (Wildman–Crippen LogP) is 0.635. The first kappa shape index (κ1) is 11.3. The highest BCUT2D eigenvalue weighted by Gasteiger charge is 2.30. The highest BCUT2D eigenvalue weighted by Crippen LogP contribution is 2.20. The summed E-state index contributed by atoms with van der Waals surface area (Å²) in [6.07, 6.45) is 1.29. The van der Waals surface area contributed by atoms with Crippen molar-refractivity contribution >= 4 is 16.1 Å². The average molecular weight is 239 g/mol. The molecule has 5 heteroatoms. The highest BCUT2D eigenvalue weighted by atomic mass is 32.2. The largest absolute Gasteiger partial charge is 0.315 e. The molecule has 2 rings (SSSR count). The number of hydrogen-bond acceptors (Lipinski definition) is 4. The minimum absolute atomic E-state index is 0.241. The summed E-state index contributed by atoms with van der Waals surface area (Å²) < 4.78 is 24.3. The van der Waals surface area contributed by atoms with Gasteiger partial charge in [-0.1, -0.05) is 12.1 Å². The third kappa shape index (κ3) is 2.01. The van der Waals surface area contributed by atoms with Gasteiger partial charge in [-0.3, -0.25) is 4.79 Å². The summed E-state index contributed by atoms with van der Waals surface area (Å²) in [5.74, 6) is 0. The molecule has 1 atom stereocenters.